The summed E-state index contributed by atoms with van der Waals surface area (Å²) in [6.07, 6.45) is -5.92. The van der Waals surface area contributed by atoms with Crippen LogP contribution in [0, 0.1) is 6.92 Å². The second-order valence-corrected chi connectivity index (χ2v) is 3.65. The number of aryl methyl sites for hydroxylation is 1. The van der Waals surface area contributed by atoms with E-state index >= 15 is 0 Å². The highest BCUT2D eigenvalue weighted by molar-refractivity contribution is 5.92. The quantitative estimate of drug-likeness (QED) is 0.890. The van der Waals surface area contributed by atoms with Crippen LogP contribution in [0.15, 0.2) is 18.2 Å². The molecule has 0 heterocycles. The van der Waals surface area contributed by atoms with Crippen LogP contribution >= 0.6 is 0 Å². The van der Waals surface area contributed by atoms with Gasteiger partial charge in [0.25, 0.3) is 0 Å². The van der Waals surface area contributed by atoms with Crippen molar-refractivity contribution in [2.45, 2.75) is 13.1 Å². The molecule has 0 aliphatic heterocycles. The average Bonchev–Trinajstić information content (AvgIpc) is 2.28. The van der Waals surface area contributed by atoms with E-state index in [2.05, 4.69) is 4.74 Å². The molecule has 2 N–H and O–H groups in total. The number of carboxylic acid groups (broad SMARTS) is 1. The van der Waals surface area contributed by atoms with Crippen molar-refractivity contribution in [1.29, 1.82) is 0 Å². The zero-order valence-corrected chi connectivity index (χ0v) is 9.75. The van der Waals surface area contributed by atoms with Crippen molar-refractivity contribution in [3.8, 4) is 0 Å². The molecule has 0 saturated carbocycles. The maximum absolute atomic E-state index is 11.8. The van der Waals surface area contributed by atoms with Crippen LogP contribution in [0.2, 0.25) is 0 Å². The molecule has 0 atom stereocenters. The molecule has 0 unspecified atom stereocenters. The van der Waals surface area contributed by atoms with Crippen molar-refractivity contribution < 1.29 is 32.6 Å². The fourth-order valence-corrected chi connectivity index (χ4v) is 1.23. The highest BCUT2D eigenvalue weighted by Gasteiger charge is 2.29. The Morgan fingerprint density at radius 3 is 2.53 bits per heavy atom. The second kappa shape index (κ2) is 5.59. The molecule has 0 saturated heterocycles. The maximum atomic E-state index is 11.8. The number of amides is 1. The summed E-state index contributed by atoms with van der Waals surface area (Å²) in [5.41, 5.74) is 0.436. The lowest BCUT2D eigenvalue weighted by Crippen LogP contribution is -2.23. The number of carboxylic acids is 1. The lowest BCUT2D eigenvalue weighted by atomic mass is 10.1. The summed E-state index contributed by atoms with van der Waals surface area (Å²) in [7, 11) is 0. The van der Waals surface area contributed by atoms with Crippen LogP contribution in [0.25, 0.3) is 0 Å². The Labute approximate surface area is 106 Å². The topological polar surface area (TPSA) is 75.6 Å². The molecule has 1 aromatic carbocycles. The largest absolute Gasteiger partial charge is 0.478 e. The molecule has 104 valence electrons. The first-order valence-electron chi connectivity index (χ1n) is 5.03. The molecule has 0 radical (unpaired) electrons. The van der Waals surface area contributed by atoms with Gasteiger partial charge in [0.2, 0.25) is 0 Å². The number of alkyl halides is 3. The van der Waals surface area contributed by atoms with Crippen LogP contribution in [0.4, 0.5) is 23.7 Å². The van der Waals surface area contributed by atoms with E-state index < -0.39 is 24.8 Å². The number of rotatable bonds is 3. The van der Waals surface area contributed by atoms with Crippen molar-refractivity contribution in [1.82, 2.24) is 0 Å². The van der Waals surface area contributed by atoms with E-state index in [4.69, 9.17) is 5.11 Å². The van der Waals surface area contributed by atoms with Crippen LogP contribution in [-0.2, 0) is 4.74 Å². The van der Waals surface area contributed by atoms with Gasteiger partial charge in [-0.2, -0.15) is 13.2 Å². The summed E-state index contributed by atoms with van der Waals surface area (Å²) in [6, 6.07) is 3.91. The summed E-state index contributed by atoms with van der Waals surface area (Å²) < 4.78 is 39.3. The van der Waals surface area contributed by atoms with Gasteiger partial charge >= 0.3 is 18.2 Å². The first-order chi connectivity index (χ1) is 8.69. The monoisotopic (exact) mass is 277 g/mol. The van der Waals surface area contributed by atoms with Crippen molar-refractivity contribution in [2.24, 2.45) is 0 Å². The minimum absolute atomic E-state index is 0.0372. The number of halogens is 3. The van der Waals surface area contributed by atoms with E-state index in [1.165, 1.54) is 12.1 Å². The standard InChI is InChI=1S/C11H10F3NO4/c1-6-2-3-7(4-8(6)9(16)17)15-10(18)19-5-11(12,13)14/h2-4H,5H2,1H3,(H,15,18)(H,16,17). The van der Waals surface area contributed by atoms with Gasteiger partial charge in [0.15, 0.2) is 6.61 Å². The summed E-state index contributed by atoms with van der Waals surface area (Å²) in [5.74, 6) is -1.20. The molecule has 1 amide bonds. The number of anilines is 1. The zero-order valence-electron chi connectivity index (χ0n) is 9.75. The Morgan fingerprint density at radius 2 is 2.00 bits per heavy atom. The Bertz CT molecular complexity index is 499. The molecule has 0 bridgehead atoms. The van der Waals surface area contributed by atoms with E-state index in [-0.39, 0.29) is 11.3 Å². The summed E-state index contributed by atoms with van der Waals surface area (Å²) >= 11 is 0. The molecule has 5 nitrogen and oxygen atoms in total. The highest BCUT2D eigenvalue weighted by Crippen LogP contribution is 2.17. The molecule has 0 spiro atoms. The number of carbonyl (C=O) groups excluding carboxylic acids is 1. The van der Waals surface area contributed by atoms with Crippen LogP contribution in [-0.4, -0.2) is 30.0 Å². The molecule has 0 aromatic heterocycles. The Kier molecular flexibility index (Phi) is 4.36. The third-order valence-electron chi connectivity index (χ3n) is 2.08. The Morgan fingerprint density at radius 1 is 1.37 bits per heavy atom. The molecule has 1 aromatic rings. The van der Waals surface area contributed by atoms with Gasteiger partial charge in [0.1, 0.15) is 0 Å². The number of aromatic carboxylic acids is 1. The number of carbonyl (C=O) groups is 2. The molecule has 0 aliphatic carbocycles. The van der Waals surface area contributed by atoms with Gasteiger partial charge in [-0.15, -0.1) is 0 Å². The van der Waals surface area contributed by atoms with Crippen molar-refractivity contribution in [3.05, 3.63) is 29.3 Å². The van der Waals surface area contributed by atoms with Gasteiger partial charge in [-0.3, -0.25) is 5.32 Å². The summed E-state index contributed by atoms with van der Waals surface area (Å²) in [6.45, 7) is -0.161. The van der Waals surface area contributed by atoms with Gasteiger partial charge in [-0.1, -0.05) is 6.07 Å². The van der Waals surface area contributed by atoms with Gasteiger partial charge < -0.3 is 9.84 Å². The van der Waals surface area contributed by atoms with E-state index in [1.54, 1.807) is 6.92 Å². The van der Waals surface area contributed by atoms with E-state index in [1.807, 2.05) is 5.32 Å². The fourth-order valence-electron chi connectivity index (χ4n) is 1.23. The first kappa shape index (κ1) is 14.8. The van der Waals surface area contributed by atoms with Crippen LogP contribution in [0.1, 0.15) is 15.9 Å². The summed E-state index contributed by atoms with van der Waals surface area (Å²) in [5, 5.41) is 10.9. The van der Waals surface area contributed by atoms with Crippen LogP contribution in [0.5, 0.6) is 0 Å². The van der Waals surface area contributed by atoms with E-state index in [0.29, 0.717) is 5.56 Å². The fraction of sp³-hybridized carbons (Fsp3) is 0.273. The third kappa shape index (κ3) is 4.86. The number of nitrogens with one attached hydrogen (secondary N) is 1. The van der Waals surface area contributed by atoms with Gasteiger partial charge in [-0.25, -0.2) is 9.59 Å². The average molecular weight is 277 g/mol. The van der Waals surface area contributed by atoms with Crippen LogP contribution in [0.3, 0.4) is 0 Å². The maximum Gasteiger partial charge on any atom is 0.422 e. The number of benzene rings is 1. The lowest BCUT2D eigenvalue weighted by Gasteiger charge is -2.10. The van der Waals surface area contributed by atoms with Crippen LogP contribution < -0.4 is 5.32 Å². The second-order valence-electron chi connectivity index (χ2n) is 3.65. The molecule has 8 heteroatoms. The normalized spacial score (nSPS) is 10.9. The predicted octanol–water partition coefficient (Wildman–Crippen LogP) is 2.80. The number of ether oxygens (including phenoxy) is 1. The Balaban J connectivity index is 2.70. The molecule has 0 aliphatic rings. The van der Waals surface area contributed by atoms with E-state index in [0.717, 1.165) is 6.07 Å². The number of hydrogen-bond donors (Lipinski definition) is 2. The third-order valence-corrected chi connectivity index (χ3v) is 2.08. The number of hydrogen-bond acceptors (Lipinski definition) is 3. The van der Waals surface area contributed by atoms with Gasteiger partial charge in [0.05, 0.1) is 5.56 Å². The van der Waals surface area contributed by atoms with Gasteiger partial charge in [-0.05, 0) is 24.6 Å². The minimum atomic E-state index is -4.61. The van der Waals surface area contributed by atoms with Crippen molar-refractivity contribution >= 4 is 17.7 Å². The molecule has 1 rings (SSSR count). The van der Waals surface area contributed by atoms with Crippen molar-refractivity contribution in [3.63, 3.8) is 0 Å². The smallest absolute Gasteiger partial charge is 0.422 e. The zero-order chi connectivity index (χ0) is 14.6. The minimum Gasteiger partial charge on any atom is -0.478 e. The predicted molar refractivity (Wildman–Crippen MR) is 59.2 cm³/mol. The molecular weight excluding hydrogens is 267 g/mol. The SMILES string of the molecule is Cc1ccc(NC(=O)OCC(F)(F)F)cc1C(=O)O. The Hall–Kier alpha value is -2.25. The lowest BCUT2D eigenvalue weighted by molar-refractivity contribution is -0.159. The molecule has 19 heavy (non-hydrogen) atoms. The first-order valence-corrected chi connectivity index (χ1v) is 5.03. The molecular formula is C11H10F3NO4. The highest BCUT2D eigenvalue weighted by atomic mass is 19.4. The van der Waals surface area contributed by atoms with Gasteiger partial charge in [0, 0.05) is 5.69 Å². The van der Waals surface area contributed by atoms with Crippen molar-refractivity contribution in [2.75, 3.05) is 11.9 Å². The summed E-state index contributed by atoms with van der Waals surface area (Å²) in [4.78, 5) is 21.9. The van der Waals surface area contributed by atoms with E-state index in [9.17, 15) is 22.8 Å². The molecule has 0 fully saturated rings.